The Kier molecular flexibility index (Phi) is 7.35. The van der Waals surface area contributed by atoms with E-state index in [1.807, 2.05) is 53.4 Å². The highest BCUT2D eigenvalue weighted by Gasteiger charge is 2.54. The molecule has 0 bridgehead atoms. The van der Waals surface area contributed by atoms with E-state index in [1.54, 1.807) is 28.1 Å². The van der Waals surface area contributed by atoms with Crippen LogP contribution >= 0.6 is 0 Å². The number of anilines is 1. The number of nitrogens with one attached hydrogen (secondary N) is 1. The fourth-order valence-corrected chi connectivity index (χ4v) is 5.31. The molecule has 0 atom stereocenters. The second-order valence-corrected chi connectivity index (χ2v) is 9.63. The zero-order chi connectivity index (χ0) is 26.5. The smallest absolute Gasteiger partial charge is 0.256 e. The summed E-state index contributed by atoms with van der Waals surface area (Å²) >= 11 is 0. The van der Waals surface area contributed by atoms with Gasteiger partial charge in [0.2, 0.25) is 5.91 Å². The molecule has 2 aliphatic heterocycles. The van der Waals surface area contributed by atoms with Crippen molar-refractivity contribution in [2.24, 2.45) is 0 Å². The number of aromatic nitrogens is 1. The van der Waals surface area contributed by atoms with Gasteiger partial charge in [0.05, 0.1) is 12.2 Å². The second-order valence-electron chi connectivity index (χ2n) is 9.63. The maximum atomic E-state index is 14.2. The van der Waals surface area contributed by atoms with Crippen LogP contribution in [0.2, 0.25) is 0 Å². The molecule has 3 amide bonds. The van der Waals surface area contributed by atoms with Crippen LogP contribution < -0.4 is 10.2 Å². The minimum absolute atomic E-state index is 0.0325. The average molecular weight is 516 g/mol. The van der Waals surface area contributed by atoms with Crippen LogP contribution in [0, 0.1) is 5.82 Å². The van der Waals surface area contributed by atoms with E-state index < -0.39 is 11.4 Å². The molecular weight excluding hydrogens is 485 g/mol. The van der Waals surface area contributed by atoms with Gasteiger partial charge in [0.15, 0.2) is 0 Å². The van der Waals surface area contributed by atoms with Gasteiger partial charge < -0.3 is 20.0 Å². The van der Waals surface area contributed by atoms with Crippen LogP contribution in [0.4, 0.5) is 10.1 Å². The maximum Gasteiger partial charge on any atom is 0.256 e. The number of halogens is 1. The van der Waals surface area contributed by atoms with Crippen molar-refractivity contribution in [2.45, 2.75) is 24.8 Å². The Morgan fingerprint density at radius 3 is 2.37 bits per heavy atom. The number of likely N-dealkylation sites (tertiary alicyclic amines) is 1. The van der Waals surface area contributed by atoms with Gasteiger partial charge in [0.25, 0.3) is 11.8 Å². The lowest BCUT2D eigenvalue weighted by Gasteiger charge is -2.43. The Hall–Kier alpha value is -4.27. The molecule has 1 aromatic heterocycles. The minimum Gasteiger partial charge on any atom is -0.354 e. The SMILES string of the molecule is O=C(CN1CN(c2ccccc2)C2(CCN(C(=O)c3ccccc3F)CC2)C1=O)NCCc1ccccn1. The molecule has 3 heterocycles. The Morgan fingerprint density at radius 2 is 1.66 bits per heavy atom. The lowest BCUT2D eigenvalue weighted by Crippen LogP contribution is -2.57. The normalized spacial score (nSPS) is 16.7. The van der Waals surface area contributed by atoms with Crippen LogP contribution in [-0.2, 0) is 16.0 Å². The van der Waals surface area contributed by atoms with E-state index in [0.29, 0.717) is 38.9 Å². The van der Waals surface area contributed by atoms with Gasteiger partial charge in [0.1, 0.15) is 17.9 Å². The summed E-state index contributed by atoms with van der Waals surface area (Å²) in [5.74, 6) is -1.29. The first-order valence-corrected chi connectivity index (χ1v) is 12.8. The quantitative estimate of drug-likeness (QED) is 0.523. The molecule has 8 nitrogen and oxygen atoms in total. The molecule has 0 saturated carbocycles. The highest BCUT2D eigenvalue weighted by molar-refractivity contribution is 5.97. The first kappa shape index (κ1) is 25.4. The minimum atomic E-state index is -0.873. The molecule has 0 radical (unpaired) electrons. The fourth-order valence-electron chi connectivity index (χ4n) is 5.31. The number of carbonyl (C=O) groups excluding carboxylic acids is 3. The zero-order valence-electron chi connectivity index (χ0n) is 21.1. The number of nitrogens with zero attached hydrogens (tertiary/aromatic N) is 4. The molecule has 2 fully saturated rings. The molecule has 5 rings (SSSR count). The number of amides is 3. The molecule has 1 N–H and O–H groups in total. The van der Waals surface area contributed by atoms with Crippen LogP contribution in [0.5, 0.6) is 0 Å². The first-order chi connectivity index (χ1) is 18.5. The van der Waals surface area contributed by atoms with Crippen LogP contribution in [-0.4, -0.2) is 70.9 Å². The first-order valence-electron chi connectivity index (χ1n) is 12.8. The molecule has 0 aliphatic carbocycles. The average Bonchev–Trinajstić information content (AvgIpc) is 3.20. The lowest BCUT2D eigenvalue weighted by atomic mass is 9.85. The summed E-state index contributed by atoms with van der Waals surface area (Å²) in [6.07, 6.45) is 3.09. The summed E-state index contributed by atoms with van der Waals surface area (Å²) in [6, 6.07) is 21.2. The Bertz CT molecular complexity index is 1300. The van der Waals surface area contributed by atoms with Gasteiger partial charge in [-0.15, -0.1) is 0 Å². The van der Waals surface area contributed by atoms with Gasteiger partial charge in [-0.3, -0.25) is 19.4 Å². The predicted octanol–water partition coefficient (Wildman–Crippen LogP) is 2.86. The van der Waals surface area contributed by atoms with E-state index in [-0.39, 0.29) is 36.5 Å². The highest BCUT2D eigenvalue weighted by Crippen LogP contribution is 2.39. The van der Waals surface area contributed by atoms with E-state index in [4.69, 9.17) is 0 Å². The van der Waals surface area contributed by atoms with Crippen molar-refractivity contribution < 1.29 is 18.8 Å². The Balaban J connectivity index is 1.28. The van der Waals surface area contributed by atoms with Gasteiger partial charge in [-0.2, -0.15) is 0 Å². The third kappa shape index (κ3) is 5.09. The molecule has 2 aliphatic rings. The summed E-state index contributed by atoms with van der Waals surface area (Å²) in [5, 5.41) is 2.89. The van der Waals surface area contributed by atoms with Crippen LogP contribution in [0.25, 0.3) is 0 Å². The van der Waals surface area contributed by atoms with E-state index in [9.17, 15) is 18.8 Å². The van der Waals surface area contributed by atoms with Crippen molar-refractivity contribution >= 4 is 23.4 Å². The number of hydrogen-bond donors (Lipinski definition) is 1. The molecule has 38 heavy (non-hydrogen) atoms. The monoisotopic (exact) mass is 515 g/mol. The molecule has 3 aromatic rings. The lowest BCUT2D eigenvalue weighted by molar-refractivity contribution is -0.137. The summed E-state index contributed by atoms with van der Waals surface area (Å²) < 4.78 is 14.2. The molecule has 2 saturated heterocycles. The van der Waals surface area contributed by atoms with E-state index >= 15 is 0 Å². The Morgan fingerprint density at radius 1 is 0.947 bits per heavy atom. The number of para-hydroxylation sites is 1. The molecule has 1 spiro atoms. The number of piperidine rings is 1. The standard InChI is InChI=1S/C29H30FN5O3/c30-25-12-5-4-11-24(25)27(37)33-18-14-29(15-19-33)28(38)34(21-35(29)23-9-2-1-3-10-23)20-26(36)32-17-13-22-8-6-7-16-31-22/h1-12,16H,13-15,17-21H2,(H,32,36). The van der Waals surface area contributed by atoms with E-state index in [0.717, 1.165) is 11.4 Å². The van der Waals surface area contributed by atoms with E-state index in [1.165, 1.54) is 12.1 Å². The molecule has 0 unspecified atom stereocenters. The maximum absolute atomic E-state index is 14.2. The fraction of sp³-hybridized carbons (Fsp3) is 0.310. The summed E-state index contributed by atoms with van der Waals surface area (Å²) in [5.41, 5.74) is 0.926. The third-order valence-electron chi connectivity index (χ3n) is 7.33. The van der Waals surface area contributed by atoms with Crippen molar-refractivity contribution in [3.05, 3.63) is 96.1 Å². The van der Waals surface area contributed by atoms with Crippen LogP contribution in [0.1, 0.15) is 28.9 Å². The molecule has 9 heteroatoms. The van der Waals surface area contributed by atoms with Crippen molar-refractivity contribution in [1.82, 2.24) is 20.1 Å². The van der Waals surface area contributed by atoms with Crippen molar-refractivity contribution in [3.63, 3.8) is 0 Å². The molecular formula is C29H30FN5O3. The van der Waals surface area contributed by atoms with Crippen LogP contribution in [0.15, 0.2) is 79.0 Å². The van der Waals surface area contributed by atoms with Crippen LogP contribution in [0.3, 0.4) is 0 Å². The van der Waals surface area contributed by atoms with Crippen molar-refractivity contribution in [1.29, 1.82) is 0 Å². The van der Waals surface area contributed by atoms with Crippen molar-refractivity contribution in [3.8, 4) is 0 Å². The molecule has 196 valence electrons. The predicted molar refractivity (Wildman–Crippen MR) is 141 cm³/mol. The summed E-state index contributed by atoms with van der Waals surface area (Å²) in [4.78, 5) is 49.1. The third-order valence-corrected chi connectivity index (χ3v) is 7.33. The number of carbonyl (C=O) groups is 3. The molecule has 2 aromatic carbocycles. The number of pyridine rings is 1. The summed E-state index contributed by atoms with van der Waals surface area (Å²) in [7, 11) is 0. The van der Waals surface area contributed by atoms with Gasteiger partial charge in [0, 0.05) is 43.6 Å². The van der Waals surface area contributed by atoms with Gasteiger partial charge >= 0.3 is 0 Å². The summed E-state index contributed by atoms with van der Waals surface area (Å²) in [6.45, 7) is 1.28. The zero-order valence-corrected chi connectivity index (χ0v) is 21.1. The number of rotatable bonds is 7. The van der Waals surface area contributed by atoms with Gasteiger partial charge in [-0.05, 0) is 49.2 Å². The number of hydrogen-bond acceptors (Lipinski definition) is 5. The van der Waals surface area contributed by atoms with Crippen molar-refractivity contribution in [2.75, 3.05) is 37.7 Å². The largest absolute Gasteiger partial charge is 0.354 e. The van der Waals surface area contributed by atoms with E-state index in [2.05, 4.69) is 10.3 Å². The number of benzene rings is 2. The van der Waals surface area contributed by atoms with Gasteiger partial charge in [-0.1, -0.05) is 36.4 Å². The topological polar surface area (TPSA) is 85.9 Å². The highest BCUT2D eigenvalue weighted by atomic mass is 19.1. The Labute approximate surface area is 221 Å². The van der Waals surface area contributed by atoms with Gasteiger partial charge in [-0.25, -0.2) is 4.39 Å². The second kappa shape index (κ2) is 11.0.